The Bertz CT molecular complexity index is 1110. The summed E-state index contributed by atoms with van der Waals surface area (Å²) in [6, 6.07) is 17.8. The summed E-state index contributed by atoms with van der Waals surface area (Å²) in [5, 5.41) is 2.95. The van der Waals surface area contributed by atoms with Crippen LogP contribution in [-0.4, -0.2) is 24.1 Å². The summed E-state index contributed by atoms with van der Waals surface area (Å²) >= 11 is 0. The zero-order chi connectivity index (χ0) is 22.6. The lowest BCUT2D eigenvalue weighted by molar-refractivity contribution is -0.111. The molecular weight excluding hydrogens is 400 g/mol. The minimum atomic E-state index is -0.194. The molecule has 164 valence electrons. The fourth-order valence-corrected chi connectivity index (χ4v) is 3.60. The van der Waals surface area contributed by atoms with Crippen molar-refractivity contribution in [2.24, 2.45) is 0 Å². The Morgan fingerprint density at radius 1 is 1.03 bits per heavy atom. The van der Waals surface area contributed by atoms with Crippen LogP contribution in [0.3, 0.4) is 0 Å². The third-order valence-corrected chi connectivity index (χ3v) is 5.35. The van der Waals surface area contributed by atoms with Crippen LogP contribution in [0.5, 0.6) is 11.5 Å². The first-order valence-corrected chi connectivity index (χ1v) is 10.8. The maximum Gasteiger partial charge on any atom is 0.248 e. The molecule has 0 saturated carbocycles. The number of ether oxygens (including phenoxy) is 2. The Labute approximate surface area is 189 Å². The number of carbonyl (C=O) groups excluding carboxylic acids is 1. The van der Waals surface area contributed by atoms with E-state index in [1.807, 2.05) is 30.5 Å². The number of pyridine rings is 1. The first kappa shape index (κ1) is 21.6. The van der Waals surface area contributed by atoms with Crippen molar-refractivity contribution in [3.8, 4) is 11.5 Å². The topological polar surface area (TPSA) is 60.5 Å². The van der Waals surface area contributed by atoms with E-state index in [-0.39, 0.29) is 11.3 Å². The fraction of sp³-hybridized carbons (Fsp3) is 0.259. The normalized spacial score (nSPS) is 13.5. The highest BCUT2D eigenvalue weighted by atomic mass is 16.6. The lowest BCUT2D eigenvalue weighted by Crippen LogP contribution is -2.16. The lowest BCUT2D eigenvalue weighted by Gasteiger charge is -2.20. The van der Waals surface area contributed by atoms with E-state index in [1.54, 1.807) is 18.3 Å². The number of nitrogens with zero attached hydrogens (tertiary/aromatic N) is 1. The molecular formula is C27H28N2O3. The smallest absolute Gasteiger partial charge is 0.248 e. The lowest BCUT2D eigenvalue weighted by atomic mass is 9.86. The number of aromatic nitrogens is 1. The van der Waals surface area contributed by atoms with Crippen LogP contribution in [0.2, 0.25) is 0 Å². The number of allylic oxidation sites excluding steroid dienone is 1. The summed E-state index contributed by atoms with van der Waals surface area (Å²) in [7, 11) is 0. The van der Waals surface area contributed by atoms with Gasteiger partial charge in [0.05, 0.1) is 0 Å². The van der Waals surface area contributed by atoms with Gasteiger partial charge in [-0.05, 0) is 52.3 Å². The first-order chi connectivity index (χ1) is 15.4. The molecule has 0 saturated heterocycles. The van der Waals surface area contributed by atoms with Crippen LogP contribution in [0, 0.1) is 0 Å². The second-order valence-electron chi connectivity index (χ2n) is 8.88. The average Bonchev–Trinajstić information content (AvgIpc) is 2.79. The second kappa shape index (κ2) is 9.27. The molecule has 0 radical (unpaired) electrons. The first-order valence-electron chi connectivity index (χ1n) is 10.8. The SMILES string of the molecule is CC(C)(C)c1ccc(/C(=C\C(=O)Nc2ccc3c(c2)OCCO3)Cc2cccnc2)cc1. The summed E-state index contributed by atoms with van der Waals surface area (Å²) in [6.45, 7) is 7.61. The van der Waals surface area contributed by atoms with Crippen molar-refractivity contribution in [2.45, 2.75) is 32.6 Å². The second-order valence-corrected chi connectivity index (χ2v) is 8.88. The Balaban J connectivity index is 1.59. The minimum Gasteiger partial charge on any atom is -0.486 e. The largest absolute Gasteiger partial charge is 0.486 e. The van der Waals surface area contributed by atoms with E-state index in [9.17, 15) is 4.79 Å². The van der Waals surface area contributed by atoms with Crippen molar-refractivity contribution in [3.63, 3.8) is 0 Å². The van der Waals surface area contributed by atoms with Gasteiger partial charge in [-0.15, -0.1) is 0 Å². The number of rotatable bonds is 5. The van der Waals surface area contributed by atoms with E-state index in [1.165, 1.54) is 5.56 Å². The van der Waals surface area contributed by atoms with Crippen LogP contribution >= 0.6 is 0 Å². The Kier molecular flexibility index (Phi) is 6.26. The molecule has 5 nitrogen and oxygen atoms in total. The van der Waals surface area contributed by atoms with E-state index >= 15 is 0 Å². The molecule has 32 heavy (non-hydrogen) atoms. The van der Waals surface area contributed by atoms with Gasteiger partial charge in [0.2, 0.25) is 5.91 Å². The van der Waals surface area contributed by atoms with Gasteiger partial charge >= 0.3 is 0 Å². The summed E-state index contributed by atoms with van der Waals surface area (Å²) < 4.78 is 11.2. The molecule has 0 bridgehead atoms. The van der Waals surface area contributed by atoms with Crippen molar-refractivity contribution >= 4 is 17.2 Å². The molecule has 0 unspecified atom stereocenters. The van der Waals surface area contributed by atoms with Crippen LogP contribution in [-0.2, 0) is 16.6 Å². The standard InChI is InChI=1S/C27H28N2O3/c1-27(2,3)22-8-6-20(7-9-22)21(15-19-5-4-12-28-18-19)16-26(30)29-23-10-11-24-25(17-23)32-14-13-31-24/h4-12,16-18H,13-15H2,1-3H3,(H,29,30)/b21-16-. The average molecular weight is 429 g/mol. The number of anilines is 1. The predicted molar refractivity (Wildman–Crippen MR) is 127 cm³/mol. The van der Waals surface area contributed by atoms with Crippen LogP contribution < -0.4 is 14.8 Å². The van der Waals surface area contributed by atoms with Crippen LogP contribution in [0.1, 0.15) is 37.5 Å². The van der Waals surface area contributed by atoms with Gasteiger partial charge in [-0.2, -0.15) is 0 Å². The Morgan fingerprint density at radius 3 is 2.47 bits per heavy atom. The van der Waals surface area contributed by atoms with Gasteiger partial charge in [0.1, 0.15) is 13.2 Å². The van der Waals surface area contributed by atoms with Crippen LogP contribution in [0.15, 0.2) is 73.1 Å². The van der Waals surface area contributed by atoms with Crippen molar-refractivity contribution in [1.82, 2.24) is 4.98 Å². The highest BCUT2D eigenvalue weighted by molar-refractivity contribution is 6.04. The molecule has 1 N–H and O–H groups in total. The van der Waals surface area contributed by atoms with Crippen molar-refractivity contribution in [1.29, 1.82) is 0 Å². The molecule has 3 aromatic rings. The predicted octanol–water partition coefficient (Wildman–Crippen LogP) is 5.42. The highest BCUT2D eigenvalue weighted by Gasteiger charge is 2.15. The molecule has 1 amide bonds. The number of fused-ring (bicyclic) bond motifs is 1. The molecule has 1 aliphatic rings. The molecule has 0 fully saturated rings. The van der Waals surface area contributed by atoms with Gasteiger partial charge in [0.25, 0.3) is 0 Å². The number of carbonyl (C=O) groups is 1. The fourth-order valence-electron chi connectivity index (χ4n) is 3.60. The third-order valence-electron chi connectivity index (χ3n) is 5.35. The van der Waals surface area contributed by atoms with Gasteiger partial charge in [-0.1, -0.05) is 51.1 Å². The van der Waals surface area contributed by atoms with Crippen LogP contribution in [0.4, 0.5) is 5.69 Å². The number of hydrogen-bond donors (Lipinski definition) is 1. The molecule has 4 rings (SSSR count). The van der Waals surface area contributed by atoms with Gasteiger partial charge in [-0.3, -0.25) is 9.78 Å². The van der Waals surface area contributed by atoms with Gasteiger partial charge in [-0.25, -0.2) is 0 Å². The van der Waals surface area contributed by atoms with Crippen LogP contribution in [0.25, 0.3) is 5.57 Å². The summed E-state index contributed by atoms with van der Waals surface area (Å²) in [4.78, 5) is 17.1. The van der Waals surface area contributed by atoms with E-state index in [2.05, 4.69) is 55.3 Å². The maximum absolute atomic E-state index is 12.9. The summed E-state index contributed by atoms with van der Waals surface area (Å²) in [5.41, 5.74) is 4.97. The quantitative estimate of drug-likeness (QED) is 0.552. The Morgan fingerprint density at radius 2 is 1.78 bits per heavy atom. The zero-order valence-electron chi connectivity index (χ0n) is 18.7. The van der Waals surface area contributed by atoms with E-state index in [0.29, 0.717) is 36.8 Å². The van der Waals surface area contributed by atoms with Gasteiger partial charge in [0, 0.05) is 30.2 Å². The van der Waals surface area contributed by atoms with Crippen molar-refractivity contribution < 1.29 is 14.3 Å². The number of benzene rings is 2. The number of amides is 1. The molecule has 0 atom stereocenters. The maximum atomic E-state index is 12.9. The molecule has 0 aliphatic carbocycles. The van der Waals surface area contributed by atoms with E-state index in [4.69, 9.17) is 9.47 Å². The molecule has 2 heterocycles. The van der Waals surface area contributed by atoms with Crippen molar-refractivity contribution in [2.75, 3.05) is 18.5 Å². The van der Waals surface area contributed by atoms with Crippen molar-refractivity contribution in [3.05, 3.63) is 89.8 Å². The van der Waals surface area contributed by atoms with Gasteiger partial charge < -0.3 is 14.8 Å². The third kappa shape index (κ3) is 5.35. The molecule has 0 spiro atoms. The Hall–Kier alpha value is -3.60. The van der Waals surface area contributed by atoms with E-state index < -0.39 is 0 Å². The van der Waals surface area contributed by atoms with E-state index in [0.717, 1.165) is 16.7 Å². The number of nitrogens with one attached hydrogen (secondary N) is 1. The number of hydrogen-bond acceptors (Lipinski definition) is 4. The molecule has 1 aromatic heterocycles. The summed E-state index contributed by atoms with van der Waals surface area (Å²) in [5.74, 6) is 1.15. The van der Waals surface area contributed by atoms with Gasteiger partial charge in [0.15, 0.2) is 11.5 Å². The summed E-state index contributed by atoms with van der Waals surface area (Å²) in [6.07, 6.45) is 5.85. The molecule has 5 heteroatoms. The highest BCUT2D eigenvalue weighted by Crippen LogP contribution is 2.33. The molecule has 2 aromatic carbocycles. The monoisotopic (exact) mass is 428 g/mol. The zero-order valence-corrected chi connectivity index (χ0v) is 18.7. The minimum absolute atomic E-state index is 0.0708. The molecule has 1 aliphatic heterocycles.